The van der Waals surface area contributed by atoms with Gasteiger partial charge in [0, 0.05) is 18.5 Å². The predicted molar refractivity (Wildman–Crippen MR) is 71.7 cm³/mol. The molecule has 1 aromatic heterocycles. The molecule has 2 aromatic rings. The number of benzene rings is 1. The lowest BCUT2D eigenvalue weighted by molar-refractivity contribution is 0.0336. The Labute approximate surface area is 107 Å². The number of hydrogen-bond donors (Lipinski definition) is 1. The molecule has 0 amide bonds. The van der Waals surface area contributed by atoms with E-state index >= 15 is 0 Å². The van der Waals surface area contributed by atoms with Gasteiger partial charge < -0.3 is 15.2 Å². The van der Waals surface area contributed by atoms with Crippen molar-refractivity contribution in [2.75, 3.05) is 19.8 Å². The quantitative estimate of drug-likeness (QED) is 0.846. The summed E-state index contributed by atoms with van der Waals surface area (Å²) in [5, 5.41) is 1.07. The summed E-state index contributed by atoms with van der Waals surface area (Å²) >= 11 is 0. The first-order valence-electron chi connectivity index (χ1n) is 6.12. The van der Waals surface area contributed by atoms with Gasteiger partial charge >= 0.3 is 0 Å². The maximum atomic E-state index is 5.65. The van der Waals surface area contributed by atoms with Crippen LogP contribution in [-0.2, 0) is 4.74 Å². The Hall–Kier alpha value is -1.65. The number of fused-ring (bicyclic) bond motifs is 1. The normalized spacial score (nSPS) is 12.6. The highest BCUT2D eigenvalue weighted by atomic mass is 16.5. The van der Waals surface area contributed by atoms with E-state index in [4.69, 9.17) is 15.2 Å². The molecule has 2 N–H and O–H groups in total. The molecular formula is C14H18N2O2. The van der Waals surface area contributed by atoms with Crippen molar-refractivity contribution in [3.05, 3.63) is 36.5 Å². The molecule has 0 saturated heterocycles. The first-order valence-corrected chi connectivity index (χ1v) is 6.12. The zero-order chi connectivity index (χ0) is 12.8. The van der Waals surface area contributed by atoms with Crippen molar-refractivity contribution in [3.63, 3.8) is 0 Å². The number of rotatable bonds is 6. The first kappa shape index (κ1) is 12.8. The second-order valence-corrected chi connectivity index (χ2v) is 3.99. The predicted octanol–water partition coefficient (Wildman–Crippen LogP) is 1.98. The second kappa shape index (κ2) is 6.33. The van der Waals surface area contributed by atoms with Crippen LogP contribution in [0.1, 0.15) is 6.92 Å². The molecule has 1 heterocycles. The highest BCUT2D eigenvalue weighted by Gasteiger charge is 2.07. The van der Waals surface area contributed by atoms with E-state index in [1.807, 2.05) is 37.3 Å². The van der Waals surface area contributed by atoms with E-state index in [0.29, 0.717) is 19.8 Å². The van der Waals surface area contributed by atoms with Gasteiger partial charge in [0.05, 0.1) is 11.7 Å². The van der Waals surface area contributed by atoms with E-state index in [9.17, 15) is 0 Å². The van der Waals surface area contributed by atoms with Gasteiger partial charge in [-0.2, -0.15) is 0 Å². The molecule has 18 heavy (non-hydrogen) atoms. The van der Waals surface area contributed by atoms with E-state index < -0.39 is 0 Å². The van der Waals surface area contributed by atoms with Gasteiger partial charge in [-0.25, -0.2) is 0 Å². The Kier molecular flexibility index (Phi) is 4.50. The molecule has 4 nitrogen and oxygen atoms in total. The number of para-hydroxylation sites is 1. The summed E-state index contributed by atoms with van der Waals surface area (Å²) in [6, 6.07) is 9.91. The van der Waals surface area contributed by atoms with Crippen molar-refractivity contribution in [2.45, 2.75) is 13.0 Å². The molecule has 0 spiro atoms. The summed E-state index contributed by atoms with van der Waals surface area (Å²) in [4.78, 5) is 4.33. The Morgan fingerprint density at radius 2 is 2.17 bits per heavy atom. The molecule has 1 aromatic carbocycles. The van der Waals surface area contributed by atoms with E-state index in [2.05, 4.69) is 4.98 Å². The maximum Gasteiger partial charge on any atom is 0.138 e. The van der Waals surface area contributed by atoms with Gasteiger partial charge in [-0.15, -0.1) is 0 Å². The lowest BCUT2D eigenvalue weighted by atomic mass is 10.2. The van der Waals surface area contributed by atoms with E-state index in [1.165, 1.54) is 0 Å². The van der Waals surface area contributed by atoms with Crippen molar-refractivity contribution in [1.82, 2.24) is 4.98 Å². The van der Waals surface area contributed by atoms with Crippen molar-refractivity contribution >= 4 is 10.9 Å². The molecule has 0 fully saturated rings. The van der Waals surface area contributed by atoms with Crippen molar-refractivity contribution in [2.24, 2.45) is 5.73 Å². The summed E-state index contributed by atoms with van der Waals surface area (Å²) in [6.07, 6.45) is 1.66. The number of aromatic nitrogens is 1. The van der Waals surface area contributed by atoms with Crippen LogP contribution >= 0.6 is 0 Å². The van der Waals surface area contributed by atoms with Crippen LogP contribution in [0.5, 0.6) is 5.75 Å². The molecular weight excluding hydrogens is 228 g/mol. The van der Waals surface area contributed by atoms with Crippen LogP contribution in [0.2, 0.25) is 0 Å². The largest absolute Gasteiger partial charge is 0.489 e. The minimum Gasteiger partial charge on any atom is -0.489 e. The molecule has 96 valence electrons. The van der Waals surface area contributed by atoms with E-state index in [1.54, 1.807) is 6.20 Å². The Morgan fingerprint density at radius 1 is 1.33 bits per heavy atom. The lowest BCUT2D eigenvalue weighted by Crippen LogP contribution is -2.30. The topological polar surface area (TPSA) is 57.4 Å². The molecule has 4 heteroatoms. The summed E-state index contributed by atoms with van der Waals surface area (Å²) in [5.41, 5.74) is 6.56. The minimum atomic E-state index is -0.0681. The van der Waals surface area contributed by atoms with E-state index in [-0.39, 0.29) is 6.10 Å². The molecule has 2 rings (SSSR count). The maximum absolute atomic E-state index is 5.65. The zero-order valence-corrected chi connectivity index (χ0v) is 10.5. The van der Waals surface area contributed by atoms with Crippen LogP contribution in [0, 0.1) is 0 Å². The van der Waals surface area contributed by atoms with Crippen molar-refractivity contribution in [1.29, 1.82) is 0 Å². The Bertz CT molecular complexity index is 502. The zero-order valence-electron chi connectivity index (χ0n) is 10.5. The summed E-state index contributed by atoms with van der Waals surface area (Å²) < 4.78 is 11.1. The SMILES string of the molecule is CCOC(CN)COc1cnc2ccccc2c1. The molecule has 0 bridgehead atoms. The fourth-order valence-corrected chi connectivity index (χ4v) is 1.74. The fourth-order valence-electron chi connectivity index (χ4n) is 1.74. The third kappa shape index (κ3) is 3.18. The van der Waals surface area contributed by atoms with Gasteiger partial charge in [-0.1, -0.05) is 18.2 Å². The highest BCUT2D eigenvalue weighted by molar-refractivity contribution is 5.79. The van der Waals surface area contributed by atoms with Crippen LogP contribution in [0.3, 0.4) is 0 Å². The molecule has 0 aliphatic rings. The molecule has 0 radical (unpaired) electrons. The first-order chi connectivity index (χ1) is 8.83. The van der Waals surface area contributed by atoms with Gasteiger partial charge in [0.25, 0.3) is 0 Å². The average molecular weight is 246 g/mol. The Morgan fingerprint density at radius 3 is 2.94 bits per heavy atom. The smallest absolute Gasteiger partial charge is 0.138 e. The number of ether oxygens (including phenoxy) is 2. The third-order valence-electron chi connectivity index (χ3n) is 2.67. The second-order valence-electron chi connectivity index (χ2n) is 3.99. The molecule has 1 unspecified atom stereocenters. The van der Waals surface area contributed by atoms with Crippen LogP contribution in [0.15, 0.2) is 36.5 Å². The van der Waals surface area contributed by atoms with Gasteiger partial charge in [0.1, 0.15) is 18.5 Å². The standard InChI is InChI=1S/C14H18N2O2/c1-2-17-13(8-15)10-18-12-7-11-5-3-4-6-14(11)16-9-12/h3-7,9,13H,2,8,10,15H2,1H3. The van der Waals surface area contributed by atoms with Crippen molar-refractivity contribution < 1.29 is 9.47 Å². The number of hydrogen-bond acceptors (Lipinski definition) is 4. The number of nitrogens with two attached hydrogens (primary N) is 1. The van der Waals surface area contributed by atoms with Crippen molar-refractivity contribution in [3.8, 4) is 5.75 Å². The van der Waals surface area contributed by atoms with E-state index in [0.717, 1.165) is 16.7 Å². The van der Waals surface area contributed by atoms with Gasteiger partial charge in [0.15, 0.2) is 0 Å². The average Bonchev–Trinajstić information content (AvgIpc) is 2.43. The monoisotopic (exact) mass is 246 g/mol. The minimum absolute atomic E-state index is 0.0681. The molecule has 1 atom stereocenters. The van der Waals surface area contributed by atoms with Crippen LogP contribution in [0.25, 0.3) is 10.9 Å². The molecule has 0 saturated carbocycles. The third-order valence-corrected chi connectivity index (χ3v) is 2.67. The summed E-state index contributed by atoms with van der Waals surface area (Å²) in [5.74, 6) is 0.742. The van der Waals surface area contributed by atoms with Crippen LogP contribution < -0.4 is 10.5 Å². The molecule has 0 aliphatic carbocycles. The number of nitrogens with zero attached hydrogens (tertiary/aromatic N) is 1. The fraction of sp³-hybridized carbons (Fsp3) is 0.357. The van der Waals surface area contributed by atoms with Gasteiger partial charge in [-0.3, -0.25) is 4.98 Å². The number of pyridine rings is 1. The van der Waals surface area contributed by atoms with Gasteiger partial charge in [0.2, 0.25) is 0 Å². The van der Waals surface area contributed by atoms with Gasteiger partial charge in [-0.05, 0) is 19.1 Å². The molecule has 0 aliphatic heterocycles. The summed E-state index contributed by atoms with van der Waals surface area (Å²) in [6.45, 7) is 3.49. The van der Waals surface area contributed by atoms with Crippen LogP contribution in [0.4, 0.5) is 0 Å². The highest BCUT2D eigenvalue weighted by Crippen LogP contribution is 2.17. The van der Waals surface area contributed by atoms with Crippen LogP contribution in [-0.4, -0.2) is 30.8 Å². The summed E-state index contributed by atoms with van der Waals surface area (Å²) in [7, 11) is 0. The lowest BCUT2D eigenvalue weighted by Gasteiger charge is -2.15. The Balaban J connectivity index is 2.03.